The predicted octanol–water partition coefficient (Wildman–Crippen LogP) is 0.921. The van der Waals surface area contributed by atoms with Gasteiger partial charge in [0, 0.05) is 12.9 Å². The summed E-state index contributed by atoms with van der Waals surface area (Å²) in [5, 5.41) is 11.5. The lowest BCUT2D eigenvalue weighted by atomic mass is 9.94. The van der Waals surface area contributed by atoms with Crippen molar-refractivity contribution < 1.29 is 24.2 Å². The maximum atomic E-state index is 12.7. The van der Waals surface area contributed by atoms with E-state index in [1.807, 2.05) is 31.2 Å². The first-order chi connectivity index (χ1) is 12.3. The Labute approximate surface area is 155 Å². The molecule has 2 fully saturated rings. The lowest BCUT2D eigenvalue weighted by Gasteiger charge is -2.58. The topological polar surface area (TPSA) is 95.9 Å². The molecule has 2 aliphatic rings. The Bertz CT molecular complexity index is 778. The van der Waals surface area contributed by atoms with E-state index in [2.05, 4.69) is 11.9 Å². The van der Waals surface area contributed by atoms with Crippen molar-refractivity contribution in [2.75, 3.05) is 12.9 Å². The molecule has 2 N–H and O–H groups in total. The number of carboxylic acids is 1. The molecule has 2 heterocycles. The van der Waals surface area contributed by atoms with E-state index in [1.165, 1.54) is 23.8 Å². The largest absolute Gasteiger partial charge is 0.479 e. The predicted molar refractivity (Wildman–Crippen MR) is 96.4 cm³/mol. The summed E-state index contributed by atoms with van der Waals surface area (Å²) in [6.45, 7) is 5.70. The van der Waals surface area contributed by atoms with Gasteiger partial charge in [-0.05, 0) is 18.1 Å². The number of aliphatic carboxylic acids is 1. The van der Waals surface area contributed by atoms with Crippen LogP contribution in [-0.2, 0) is 25.5 Å². The number of fused-ring (bicyclic) bond motifs is 1. The highest BCUT2D eigenvalue weighted by Crippen LogP contribution is 2.46. The van der Waals surface area contributed by atoms with E-state index >= 15 is 0 Å². The number of nitrogens with zero attached hydrogens (tertiary/aromatic N) is 1. The first-order valence-corrected chi connectivity index (χ1v) is 9.11. The van der Waals surface area contributed by atoms with Crippen molar-refractivity contribution in [2.45, 2.75) is 30.5 Å². The summed E-state index contributed by atoms with van der Waals surface area (Å²) < 4.78 is 5.38. The van der Waals surface area contributed by atoms with Crippen LogP contribution in [0.15, 0.2) is 36.4 Å². The lowest BCUT2D eigenvalue weighted by Crippen LogP contribution is -2.83. The van der Waals surface area contributed by atoms with Crippen LogP contribution in [0.3, 0.4) is 0 Å². The SMILES string of the molecule is C=C1CS[C@H]2N(C(=O)C2(NC(=O)Cc2ccc(C)cc2)OC)C1C(=O)O. The van der Waals surface area contributed by atoms with Gasteiger partial charge >= 0.3 is 5.97 Å². The summed E-state index contributed by atoms with van der Waals surface area (Å²) in [6, 6.07) is 6.42. The Kier molecular flexibility index (Phi) is 4.81. The van der Waals surface area contributed by atoms with Crippen LogP contribution in [0.1, 0.15) is 11.1 Å². The van der Waals surface area contributed by atoms with Gasteiger partial charge in [-0.3, -0.25) is 9.59 Å². The summed E-state index contributed by atoms with van der Waals surface area (Å²) >= 11 is 1.33. The summed E-state index contributed by atoms with van der Waals surface area (Å²) in [5.41, 5.74) is 0.811. The van der Waals surface area contributed by atoms with E-state index in [1.54, 1.807) is 0 Å². The molecule has 2 unspecified atom stereocenters. The van der Waals surface area contributed by atoms with Crippen molar-refractivity contribution in [3.8, 4) is 0 Å². The van der Waals surface area contributed by atoms with Gasteiger partial charge in [-0.1, -0.05) is 36.4 Å². The zero-order valence-corrected chi connectivity index (χ0v) is 15.3. The number of carbonyl (C=O) groups excluding carboxylic acids is 2. The fourth-order valence-corrected chi connectivity index (χ4v) is 4.63. The number of β-lactam (4-membered cyclic amide) rings is 1. The highest BCUT2D eigenvalue weighted by molar-refractivity contribution is 8.00. The molecule has 26 heavy (non-hydrogen) atoms. The van der Waals surface area contributed by atoms with Crippen LogP contribution in [0.2, 0.25) is 0 Å². The Morgan fingerprint density at radius 3 is 2.65 bits per heavy atom. The summed E-state index contributed by atoms with van der Waals surface area (Å²) in [6.07, 6.45) is 0.102. The van der Waals surface area contributed by atoms with Crippen LogP contribution >= 0.6 is 11.8 Å². The summed E-state index contributed by atoms with van der Waals surface area (Å²) in [4.78, 5) is 37.9. The fraction of sp³-hybridized carbons (Fsp3) is 0.389. The van der Waals surface area contributed by atoms with Gasteiger partial charge in [-0.15, -0.1) is 11.8 Å². The molecule has 0 saturated carbocycles. The molecular formula is C18H20N2O5S. The monoisotopic (exact) mass is 376 g/mol. The quantitative estimate of drug-likeness (QED) is 0.451. The molecule has 1 aromatic carbocycles. The molecule has 2 saturated heterocycles. The molecule has 2 amide bonds. The molecule has 138 valence electrons. The molecule has 7 nitrogen and oxygen atoms in total. The molecule has 0 radical (unpaired) electrons. The third-order valence-electron chi connectivity index (χ3n) is 4.61. The number of amides is 2. The average molecular weight is 376 g/mol. The smallest absolute Gasteiger partial charge is 0.330 e. The van der Waals surface area contributed by atoms with E-state index in [4.69, 9.17) is 4.74 Å². The molecule has 0 spiro atoms. The van der Waals surface area contributed by atoms with Crippen molar-refractivity contribution >= 4 is 29.5 Å². The number of methoxy groups -OCH3 is 1. The Hall–Kier alpha value is -2.32. The lowest BCUT2D eigenvalue weighted by molar-refractivity contribution is -0.201. The molecule has 3 rings (SSSR count). The Morgan fingerprint density at radius 2 is 2.08 bits per heavy atom. The average Bonchev–Trinajstić information content (AvgIpc) is 2.60. The molecule has 0 bridgehead atoms. The van der Waals surface area contributed by atoms with Crippen molar-refractivity contribution in [1.29, 1.82) is 0 Å². The molecule has 1 aromatic rings. The third kappa shape index (κ3) is 2.89. The maximum Gasteiger partial charge on any atom is 0.330 e. The number of benzene rings is 1. The zero-order chi connectivity index (χ0) is 19.1. The third-order valence-corrected chi connectivity index (χ3v) is 6.02. The van der Waals surface area contributed by atoms with Crippen LogP contribution in [0.25, 0.3) is 0 Å². The molecule has 8 heteroatoms. The van der Waals surface area contributed by atoms with Gasteiger partial charge in [0.05, 0.1) is 6.42 Å². The highest BCUT2D eigenvalue weighted by Gasteiger charge is 2.67. The zero-order valence-electron chi connectivity index (χ0n) is 14.5. The van der Waals surface area contributed by atoms with Gasteiger partial charge in [0.15, 0.2) is 6.04 Å². The second-order valence-electron chi connectivity index (χ2n) is 6.43. The molecular weight excluding hydrogens is 356 g/mol. The minimum absolute atomic E-state index is 0.102. The molecule has 0 aromatic heterocycles. The van der Waals surface area contributed by atoms with Gasteiger partial charge in [0.2, 0.25) is 5.91 Å². The van der Waals surface area contributed by atoms with Gasteiger partial charge < -0.3 is 20.1 Å². The van der Waals surface area contributed by atoms with E-state index in [-0.39, 0.29) is 12.3 Å². The van der Waals surface area contributed by atoms with E-state index in [0.717, 1.165) is 11.1 Å². The number of thioether (sulfide) groups is 1. The highest BCUT2D eigenvalue weighted by atomic mass is 32.2. The van der Waals surface area contributed by atoms with Crippen molar-refractivity contribution in [3.05, 3.63) is 47.5 Å². The Balaban J connectivity index is 1.76. The van der Waals surface area contributed by atoms with Crippen molar-refractivity contribution in [3.63, 3.8) is 0 Å². The van der Waals surface area contributed by atoms with Gasteiger partial charge in [-0.25, -0.2) is 4.79 Å². The first kappa shape index (κ1) is 18.5. The van der Waals surface area contributed by atoms with E-state index < -0.39 is 29.0 Å². The minimum Gasteiger partial charge on any atom is -0.479 e. The van der Waals surface area contributed by atoms with Crippen molar-refractivity contribution in [1.82, 2.24) is 10.2 Å². The van der Waals surface area contributed by atoms with Crippen molar-refractivity contribution in [2.24, 2.45) is 0 Å². The number of nitrogens with one attached hydrogen (secondary N) is 1. The minimum atomic E-state index is -1.54. The number of hydrogen-bond acceptors (Lipinski definition) is 5. The number of ether oxygens (including phenoxy) is 1. The molecule has 2 aliphatic heterocycles. The normalized spacial score (nSPS) is 27.5. The number of carboxylic acid groups (broad SMARTS) is 1. The second-order valence-corrected chi connectivity index (χ2v) is 7.49. The number of rotatable bonds is 5. The van der Waals surface area contributed by atoms with Gasteiger partial charge in [-0.2, -0.15) is 0 Å². The maximum absolute atomic E-state index is 12.7. The number of aryl methyl sites for hydroxylation is 1. The van der Waals surface area contributed by atoms with Crippen LogP contribution in [0.5, 0.6) is 0 Å². The number of hydrogen-bond donors (Lipinski definition) is 2. The summed E-state index contributed by atoms with van der Waals surface area (Å²) in [7, 11) is 1.33. The molecule has 0 aliphatic carbocycles. The first-order valence-electron chi connectivity index (χ1n) is 8.06. The molecule has 3 atom stereocenters. The summed E-state index contributed by atoms with van der Waals surface area (Å²) in [5.74, 6) is -1.68. The van der Waals surface area contributed by atoms with E-state index in [0.29, 0.717) is 11.3 Å². The second kappa shape index (κ2) is 6.77. The van der Waals surface area contributed by atoms with Crippen LogP contribution in [0.4, 0.5) is 0 Å². The van der Waals surface area contributed by atoms with Crippen LogP contribution < -0.4 is 5.32 Å². The van der Waals surface area contributed by atoms with E-state index in [9.17, 15) is 19.5 Å². The number of carbonyl (C=O) groups is 3. The van der Waals surface area contributed by atoms with Crippen LogP contribution in [0, 0.1) is 6.92 Å². The fourth-order valence-electron chi connectivity index (χ4n) is 3.24. The Morgan fingerprint density at radius 1 is 1.42 bits per heavy atom. The van der Waals surface area contributed by atoms with Gasteiger partial charge in [0.25, 0.3) is 11.6 Å². The van der Waals surface area contributed by atoms with Gasteiger partial charge in [0.1, 0.15) is 5.37 Å². The van der Waals surface area contributed by atoms with Crippen LogP contribution in [-0.4, -0.2) is 57.8 Å². The standard InChI is InChI=1S/C18H20N2O5S/c1-10-4-6-12(7-5-10)8-13(21)19-18(25-3)16(24)20-14(15(22)23)11(2)9-26-17(18)20/h4-7,14,17H,2,8-9H2,1,3H3,(H,19,21)(H,22,23)/t14?,17-,18?/m1/s1.